The molecule has 1 saturated carbocycles. The lowest BCUT2D eigenvalue weighted by Gasteiger charge is -2.17. The zero-order chi connectivity index (χ0) is 12.6. The molecule has 0 spiro atoms. The summed E-state index contributed by atoms with van der Waals surface area (Å²) >= 11 is 0. The van der Waals surface area contributed by atoms with Crippen molar-refractivity contribution in [3.63, 3.8) is 0 Å². The zero-order valence-electron chi connectivity index (χ0n) is 11.2. The van der Waals surface area contributed by atoms with E-state index < -0.39 is 5.60 Å². The third-order valence-electron chi connectivity index (χ3n) is 4.28. The second kappa shape index (κ2) is 4.67. The number of nitrogens with zero attached hydrogens (tertiary/aromatic N) is 3. The molecule has 2 heterocycles. The molecule has 1 aromatic heterocycles. The van der Waals surface area contributed by atoms with Crippen molar-refractivity contribution in [2.75, 3.05) is 13.1 Å². The predicted molar refractivity (Wildman–Crippen MR) is 70.2 cm³/mol. The highest BCUT2D eigenvalue weighted by Crippen LogP contribution is 2.29. The molecule has 1 unspecified atom stereocenters. The Labute approximate surface area is 109 Å². The van der Waals surface area contributed by atoms with Gasteiger partial charge < -0.3 is 5.11 Å². The van der Waals surface area contributed by atoms with Gasteiger partial charge in [0.2, 0.25) is 0 Å². The molecule has 1 atom stereocenters. The quantitative estimate of drug-likeness (QED) is 0.890. The Morgan fingerprint density at radius 2 is 2.22 bits per heavy atom. The summed E-state index contributed by atoms with van der Waals surface area (Å²) < 4.78 is 2.15. The van der Waals surface area contributed by atoms with Gasteiger partial charge in [-0.1, -0.05) is 12.8 Å². The maximum Gasteiger partial charge on any atom is 0.0764 e. The Bertz CT molecular complexity index is 407. The fourth-order valence-electron chi connectivity index (χ4n) is 3.24. The first-order chi connectivity index (χ1) is 8.62. The monoisotopic (exact) mass is 249 g/mol. The molecule has 1 aliphatic carbocycles. The molecule has 4 nitrogen and oxygen atoms in total. The van der Waals surface area contributed by atoms with Crippen LogP contribution >= 0.6 is 0 Å². The number of aliphatic hydroxyl groups is 1. The summed E-state index contributed by atoms with van der Waals surface area (Å²) in [5.74, 6) is 0. The van der Waals surface area contributed by atoms with Crippen molar-refractivity contribution < 1.29 is 5.11 Å². The van der Waals surface area contributed by atoms with Crippen LogP contribution in [0.5, 0.6) is 0 Å². The second-order valence-electron chi connectivity index (χ2n) is 6.18. The van der Waals surface area contributed by atoms with Crippen molar-refractivity contribution in [1.82, 2.24) is 14.7 Å². The van der Waals surface area contributed by atoms with E-state index in [1.165, 1.54) is 25.7 Å². The molecule has 1 aliphatic heterocycles. The third-order valence-corrected chi connectivity index (χ3v) is 4.28. The number of hydrogen-bond donors (Lipinski definition) is 1. The second-order valence-corrected chi connectivity index (χ2v) is 6.18. The highest BCUT2D eigenvalue weighted by molar-refractivity contribution is 5.01. The topological polar surface area (TPSA) is 41.3 Å². The molecular weight excluding hydrogens is 226 g/mol. The van der Waals surface area contributed by atoms with Gasteiger partial charge in [-0.25, -0.2) is 0 Å². The minimum Gasteiger partial charge on any atom is -0.389 e. The number of β-amino-alcohol motifs (C(OH)–C–C–N with tert-alkyl or cyclic N) is 1. The summed E-state index contributed by atoms with van der Waals surface area (Å²) in [4.78, 5) is 2.29. The molecule has 0 bridgehead atoms. The number of likely N-dealkylation sites (tertiary alicyclic amines) is 1. The van der Waals surface area contributed by atoms with Crippen molar-refractivity contribution in [2.45, 2.75) is 57.2 Å². The van der Waals surface area contributed by atoms with Gasteiger partial charge in [0.05, 0.1) is 17.3 Å². The third kappa shape index (κ3) is 2.59. The largest absolute Gasteiger partial charge is 0.389 e. The predicted octanol–water partition coefficient (Wildman–Crippen LogP) is 1.95. The molecule has 0 aromatic carbocycles. The summed E-state index contributed by atoms with van der Waals surface area (Å²) in [6.45, 7) is 4.53. The van der Waals surface area contributed by atoms with Crippen LogP contribution in [0.25, 0.3) is 0 Å². The molecule has 0 amide bonds. The first-order valence-corrected chi connectivity index (χ1v) is 7.11. The van der Waals surface area contributed by atoms with E-state index in [2.05, 4.69) is 21.8 Å². The first kappa shape index (κ1) is 12.2. The van der Waals surface area contributed by atoms with Gasteiger partial charge in [0.25, 0.3) is 0 Å². The minimum absolute atomic E-state index is 0.506. The van der Waals surface area contributed by atoms with Crippen LogP contribution in [0, 0.1) is 0 Å². The lowest BCUT2D eigenvalue weighted by Crippen LogP contribution is -2.29. The van der Waals surface area contributed by atoms with Gasteiger partial charge in [-0.05, 0) is 32.3 Å². The Morgan fingerprint density at radius 1 is 1.44 bits per heavy atom. The SMILES string of the molecule is CC1(O)CCN(Cc2ccn(C3CCCC3)n2)C1. The van der Waals surface area contributed by atoms with Crippen molar-refractivity contribution in [3.05, 3.63) is 18.0 Å². The molecule has 1 saturated heterocycles. The molecule has 3 rings (SSSR count). The van der Waals surface area contributed by atoms with Gasteiger partial charge >= 0.3 is 0 Å². The fourth-order valence-corrected chi connectivity index (χ4v) is 3.24. The molecule has 2 aliphatic rings. The number of rotatable bonds is 3. The molecule has 1 aromatic rings. The fraction of sp³-hybridized carbons (Fsp3) is 0.786. The lowest BCUT2D eigenvalue weighted by molar-refractivity contribution is 0.0677. The van der Waals surface area contributed by atoms with Gasteiger partial charge in [-0.3, -0.25) is 9.58 Å². The maximum atomic E-state index is 9.95. The van der Waals surface area contributed by atoms with Crippen molar-refractivity contribution in [1.29, 1.82) is 0 Å². The summed E-state index contributed by atoms with van der Waals surface area (Å²) in [6, 6.07) is 2.76. The number of aromatic nitrogens is 2. The van der Waals surface area contributed by atoms with Gasteiger partial charge in [0.15, 0.2) is 0 Å². The van der Waals surface area contributed by atoms with Crippen LogP contribution in [-0.2, 0) is 6.54 Å². The van der Waals surface area contributed by atoms with Gasteiger partial charge in [0.1, 0.15) is 0 Å². The average Bonchev–Trinajstić information content (AvgIpc) is 2.99. The molecule has 0 radical (unpaired) electrons. The van der Waals surface area contributed by atoms with Gasteiger partial charge in [-0.2, -0.15) is 5.10 Å². The first-order valence-electron chi connectivity index (χ1n) is 7.11. The van der Waals surface area contributed by atoms with E-state index in [4.69, 9.17) is 5.10 Å². The normalized spacial score (nSPS) is 30.3. The Kier molecular flexibility index (Phi) is 3.16. The maximum absolute atomic E-state index is 9.95. The zero-order valence-corrected chi connectivity index (χ0v) is 11.2. The van der Waals surface area contributed by atoms with E-state index in [1.807, 2.05) is 6.92 Å². The van der Waals surface area contributed by atoms with Crippen LogP contribution < -0.4 is 0 Å². The van der Waals surface area contributed by atoms with Gasteiger partial charge in [0, 0.05) is 25.8 Å². The highest BCUT2D eigenvalue weighted by Gasteiger charge is 2.31. The number of hydrogen-bond acceptors (Lipinski definition) is 3. The van der Waals surface area contributed by atoms with Crippen LogP contribution in [0.4, 0.5) is 0 Å². The molecule has 2 fully saturated rings. The smallest absolute Gasteiger partial charge is 0.0764 e. The van der Waals surface area contributed by atoms with E-state index in [-0.39, 0.29) is 0 Å². The summed E-state index contributed by atoms with van der Waals surface area (Å²) in [6.07, 6.45) is 8.23. The highest BCUT2D eigenvalue weighted by atomic mass is 16.3. The molecule has 100 valence electrons. The van der Waals surface area contributed by atoms with Crippen molar-refractivity contribution >= 4 is 0 Å². The van der Waals surface area contributed by atoms with E-state index in [0.717, 1.165) is 31.7 Å². The Hall–Kier alpha value is -0.870. The van der Waals surface area contributed by atoms with Crippen LogP contribution in [-0.4, -0.2) is 38.5 Å². The minimum atomic E-state index is -0.506. The lowest BCUT2D eigenvalue weighted by atomic mass is 10.1. The Balaban J connectivity index is 1.60. The van der Waals surface area contributed by atoms with E-state index in [0.29, 0.717) is 6.04 Å². The van der Waals surface area contributed by atoms with Gasteiger partial charge in [-0.15, -0.1) is 0 Å². The molecule has 18 heavy (non-hydrogen) atoms. The van der Waals surface area contributed by atoms with E-state index in [9.17, 15) is 5.11 Å². The van der Waals surface area contributed by atoms with Crippen LogP contribution in [0.15, 0.2) is 12.3 Å². The van der Waals surface area contributed by atoms with E-state index in [1.54, 1.807) is 0 Å². The van der Waals surface area contributed by atoms with E-state index >= 15 is 0 Å². The average molecular weight is 249 g/mol. The van der Waals surface area contributed by atoms with Crippen LogP contribution in [0.1, 0.15) is 50.8 Å². The molecule has 4 heteroatoms. The van der Waals surface area contributed by atoms with Crippen molar-refractivity contribution in [3.8, 4) is 0 Å². The van der Waals surface area contributed by atoms with Crippen molar-refractivity contribution in [2.24, 2.45) is 0 Å². The molecule has 1 N–H and O–H groups in total. The van der Waals surface area contributed by atoms with Crippen LogP contribution in [0.2, 0.25) is 0 Å². The summed E-state index contributed by atoms with van der Waals surface area (Å²) in [5, 5.41) is 14.7. The summed E-state index contributed by atoms with van der Waals surface area (Å²) in [5.41, 5.74) is 0.633. The Morgan fingerprint density at radius 3 is 2.89 bits per heavy atom. The van der Waals surface area contributed by atoms with Crippen LogP contribution in [0.3, 0.4) is 0 Å². The standard InChI is InChI=1S/C14H23N3O/c1-14(18)7-9-16(11-14)10-12-6-8-17(15-12)13-4-2-3-5-13/h6,8,13,18H,2-5,7,9-11H2,1H3. The summed E-state index contributed by atoms with van der Waals surface area (Å²) in [7, 11) is 0. The molecular formula is C14H23N3O.